The number of rotatable bonds is 4. The molecule has 1 aliphatic heterocycles. The fraction of sp³-hybridized carbons (Fsp3) is 0.471. The Labute approximate surface area is 150 Å². The average molecular weight is 354 g/mol. The molecule has 3 aromatic rings. The summed E-state index contributed by atoms with van der Waals surface area (Å²) in [5.74, 6) is 1.61. The second-order valence-electron chi connectivity index (χ2n) is 6.82. The number of anilines is 1. The van der Waals surface area contributed by atoms with E-state index in [0.717, 1.165) is 37.4 Å². The molecular weight excluding hydrogens is 332 g/mol. The van der Waals surface area contributed by atoms with E-state index < -0.39 is 0 Å². The largest absolute Gasteiger partial charge is 0.356 e. The van der Waals surface area contributed by atoms with Crippen molar-refractivity contribution in [2.45, 2.75) is 39.0 Å². The first-order valence-corrected chi connectivity index (χ1v) is 8.94. The summed E-state index contributed by atoms with van der Waals surface area (Å²) in [6, 6.07) is 1.84. The highest BCUT2D eigenvalue weighted by Gasteiger charge is 2.16. The van der Waals surface area contributed by atoms with Crippen LogP contribution in [0.3, 0.4) is 0 Å². The summed E-state index contributed by atoms with van der Waals surface area (Å²) in [5, 5.41) is 11.1. The minimum Gasteiger partial charge on any atom is -0.356 e. The zero-order valence-electron chi connectivity index (χ0n) is 15.0. The van der Waals surface area contributed by atoms with E-state index in [0.29, 0.717) is 11.5 Å². The number of hydrogen-bond donors (Lipinski definition) is 1. The highest BCUT2D eigenvalue weighted by atomic mass is 16.1. The smallest absolute Gasteiger partial charge is 0.298 e. The summed E-state index contributed by atoms with van der Waals surface area (Å²) in [6.45, 7) is 6.04. The summed E-state index contributed by atoms with van der Waals surface area (Å²) < 4.78 is 2.90. The molecule has 0 radical (unpaired) electrons. The van der Waals surface area contributed by atoms with Gasteiger partial charge < -0.3 is 4.90 Å². The molecule has 4 heterocycles. The van der Waals surface area contributed by atoms with E-state index >= 15 is 0 Å². The summed E-state index contributed by atoms with van der Waals surface area (Å²) in [6.07, 6.45) is 8.47. The van der Waals surface area contributed by atoms with Gasteiger partial charge in [-0.15, -0.1) is 5.10 Å². The highest BCUT2D eigenvalue weighted by Crippen LogP contribution is 2.18. The Hall–Kier alpha value is -2.97. The van der Waals surface area contributed by atoms with Crippen molar-refractivity contribution in [2.75, 3.05) is 18.0 Å². The monoisotopic (exact) mass is 354 g/mol. The van der Waals surface area contributed by atoms with Crippen LogP contribution in [0.4, 0.5) is 5.82 Å². The zero-order valence-corrected chi connectivity index (χ0v) is 15.0. The average Bonchev–Trinajstić information content (AvgIpc) is 3.29. The van der Waals surface area contributed by atoms with Crippen molar-refractivity contribution in [1.82, 2.24) is 34.7 Å². The minimum absolute atomic E-state index is 0.228. The molecule has 0 atom stereocenters. The highest BCUT2D eigenvalue weighted by molar-refractivity contribution is 5.44. The van der Waals surface area contributed by atoms with Gasteiger partial charge in [-0.1, -0.05) is 19.1 Å². The Bertz CT molecular complexity index is 948. The molecule has 0 bridgehead atoms. The Morgan fingerprint density at radius 1 is 1.12 bits per heavy atom. The lowest BCUT2D eigenvalue weighted by molar-refractivity contribution is 0.572. The van der Waals surface area contributed by atoms with Gasteiger partial charge in [-0.05, 0) is 25.2 Å². The molecule has 0 saturated carbocycles. The van der Waals surface area contributed by atoms with E-state index in [1.165, 1.54) is 22.1 Å². The predicted octanol–water partition coefficient (Wildman–Crippen LogP) is 1.65. The molecule has 1 saturated heterocycles. The first-order chi connectivity index (χ1) is 12.6. The van der Waals surface area contributed by atoms with Crippen LogP contribution in [0, 0.1) is 0 Å². The van der Waals surface area contributed by atoms with Crippen LogP contribution < -0.4 is 10.5 Å². The van der Waals surface area contributed by atoms with Crippen LogP contribution in [-0.4, -0.2) is 47.8 Å². The predicted molar refractivity (Wildman–Crippen MR) is 97.0 cm³/mol. The van der Waals surface area contributed by atoms with Gasteiger partial charge >= 0.3 is 0 Å². The number of hydrogen-bond acceptors (Lipinski definition) is 6. The first-order valence-electron chi connectivity index (χ1n) is 8.94. The van der Waals surface area contributed by atoms with Gasteiger partial charge in [0.05, 0.1) is 18.1 Å². The van der Waals surface area contributed by atoms with Gasteiger partial charge in [-0.3, -0.25) is 9.89 Å². The SMILES string of the molecule is CC(C)c1cn(-c2c[nH]n(-c3cc(N4CCCCC4)ncn3)c2=O)nn1. The maximum absolute atomic E-state index is 12.8. The Balaban J connectivity index is 1.66. The molecule has 4 rings (SSSR count). The summed E-state index contributed by atoms with van der Waals surface area (Å²) in [5.41, 5.74) is 1.02. The molecule has 0 amide bonds. The minimum atomic E-state index is -0.228. The molecule has 9 heteroatoms. The third kappa shape index (κ3) is 3.00. The van der Waals surface area contributed by atoms with Crippen LogP contribution in [0.5, 0.6) is 0 Å². The first kappa shape index (κ1) is 16.5. The second kappa shape index (κ2) is 6.74. The molecule has 0 spiro atoms. The van der Waals surface area contributed by atoms with Gasteiger partial charge in [-0.25, -0.2) is 14.6 Å². The van der Waals surface area contributed by atoms with E-state index in [4.69, 9.17) is 0 Å². The lowest BCUT2D eigenvalue weighted by Gasteiger charge is -2.27. The van der Waals surface area contributed by atoms with Crippen molar-refractivity contribution in [3.8, 4) is 11.5 Å². The third-order valence-corrected chi connectivity index (χ3v) is 4.65. The lowest BCUT2D eigenvalue weighted by atomic mass is 10.1. The van der Waals surface area contributed by atoms with Gasteiger partial charge in [0.1, 0.15) is 12.1 Å². The van der Waals surface area contributed by atoms with Crippen LogP contribution in [0.25, 0.3) is 11.5 Å². The number of piperidine rings is 1. The Morgan fingerprint density at radius 3 is 2.62 bits per heavy atom. The zero-order chi connectivity index (χ0) is 18.1. The van der Waals surface area contributed by atoms with Crippen molar-refractivity contribution in [1.29, 1.82) is 0 Å². The number of H-pyrrole nitrogens is 1. The van der Waals surface area contributed by atoms with E-state index in [9.17, 15) is 4.79 Å². The number of nitrogens with zero attached hydrogens (tertiary/aromatic N) is 7. The van der Waals surface area contributed by atoms with Gasteiger partial charge in [0, 0.05) is 19.2 Å². The second-order valence-corrected chi connectivity index (χ2v) is 6.82. The topological polar surface area (TPSA) is 97.5 Å². The molecule has 26 heavy (non-hydrogen) atoms. The lowest BCUT2D eigenvalue weighted by Crippen LogP contribution is -2.30. The number of aromatic amines is 1. The van der Waals surface area contributed by atoms with E-state index in [1.807, 2.05) is 19.9 Å². The molecule has 0 aliphatic carbocycles. The molecule has 0 aromatic carbocycles. The maximum atomic E-state index is 12.8. The molecule has 3 aromatic heterocycles. The molecule has 0 unspecified atom stereocenters. The maximum Gasteiger partial charge on any atom is 0.298 e. The molecule has 136 valence electrons. The normalized spacial score (nSPS) is 15.0. The van der Waals surface area contributed by atoms with Crippen molar-refractivity contribution >= 4 is 5.82 Å². The molecule has 9 nitrogen and oxygen atoms in total. The van der Waals surface area contributed by atoms with Crippen molar-refractivity contribution in [3.05, 3.63) is 40.8 Å². The van der Waals surface area contributed by atoms with Gasteiger partial charge in [0.25, 0.3) is 5.56 Å². The van der Waals surface area contributed by atoms with Gasteiger partial charge in [-0.2, -0.15) is 4.68 Å². The Kier molecular flexibility index (Phi) is 4.27. The number of nitrogens with one attached hydrogen (secondary N) is 1. The van der Waals surface area contributed by atoms with Crippen molar-refractivity contribution in [3.63, 3.8) is 0 Å². The van der Waals surface area contributed by atoms with E-state index in [1.54, 1.807) is 12.4 Å². The summed E-state index contributed by atoms with van der Waals surface area (Å²) >= 11 is 0. The molecule has 1 N–H and O–H groups in total. The number of aromatic nitrogens is 7. The molecule has 1 aliphatic rings. The van der Waals surface area contributed by atoms with E-state index in [-0.39, 0.29) is 11.5 Å². The quantitative estimate of drug-likeness (QED) is 0.765. The van der Waals surface area contributed by atoms with Crippen molar-refractivity contribution < 1.29 is 0 Å². The van der Waals surface area contributed by atoms with Crippen LogP contribution in [0.2, 0.25) is 0 Å². The van der Waals surface area contributed by atoms with E-state index in [2.05, 4.69) is 30.3 Å². The van der Waals surface area contributed by atoms with Crippen molar-refractivity contribution in [2.24, 2.45) is 0 Å². The fourth-order valence-corrected chi connectivity index (χ4v) is 3.11. The molecular formula is C17H22N8O. The standard InChI is InChI=1S/C17H22N8O/c1-12(2)13-10-24(22-21-13)14-9-20-25(17(14)26)16-8-15(18-11-19-16)23-6-4-3-5-7-23/h8-12,20H,3-7H2,1-2H3. The third-order valence-electron chi connectivity index (χ3n) is 4.65. The van der Waals surface area contributed by atoms with Crippen LogP contribution >= 0.6 is 0 Å². The van der Waals surface area contributed by atoms with Gasteiger partial charge in [0.15, 0.2) is 11.5 Å². The fourth-order valence-electron chi connectivity index (χ4n) is 3.11. The van der Waals surface area contributed by atoms with Gasteiger partial charge in [0.2, 0.25) is 0 Å². The van der Waals surface area contributed by atoms with Crippen LogP contribution in [0.1, 0.15) is 44.7 Å². The molecule has 1 fully saturated rings. The van der Waals surface area contributed by atoms with Crippen LogP contribution in [-0.2, 0) is 0 Å². The van der Waals surface area contributed by atoms with Crippen LogP contribution in [0.15, 0.2) is 29.6 Å². The summed E-state index contributed by atoms with van der Waals surface area (Å²) in [7, 11) is 0. The Morgan fingerprint density at radius 2 is 1.88 bits per heavy atom. The summed E-state index contributed by atoms with van der Waals surface area (Å²) in [4.78, 5) is 23.7.